The average molecular weight is 216 g/mol. The van der Waals surface area contributed by atoms with Gasteiger partial charge in [-0.1, -0.05) is 0 Å². The normalized spacial score (nSPS) is 15.1. The Morgan fingerprint density at radius 2 is 2.00 bits per heavy atom. The maximum Gasteiger partial charge on any atom is 0.159 e. The SMILES string of the molecule is COc1ccc(-n2nnnc2C2CC2)cc1. The number of benzene rings is 1. The van der Waals surface area contributed by atoms with E-state index in [4.69, 9.17) is 4.74 Å². The van der Waals surface area contributed by atoms with E-state index < -0.39 is 0 Å². The minimum atomic E-state index is 0.539. The summed E-state index contributed by atoms with van der Waals surface area (Å²) in [6.07, 6.45) is 2.38. The Morgan fingerprint density at radius 3 is 2.62 bits per heavy atom. The van der Waals surface area contributed by atoms with E-state index in [9.17, 15) is 0 Å². The van der Waals surface area contributed by atoms with Gasteiger partial charge in [-0.05, 0) is 47.5 Å². The lowest BCUT2D eigenvalue weighted by atomic mass is 10.3. The van der Waals surface area contributed by atoms with Gasteiger partial charge < -0.3 is 4.74 Å². The molecule has 3 rings (SSSR count). The van der Waals surface area contributed by atoms with Crippen molar-refractivity contribution in [2.75, 3.05) is 7.11 Å². The molecule has 0 amide bonds. The Morgan fingerprint density at radius 1 is 1.25 bits per heavy atom. The van der Waals surface area contributed by atoms with Gasteiger partial charge in [0.05, 0.1) is 12.8 Å². The van der Waals surface area contributed by atoms with Crippen LogP contribution in [0.1, 0.15) is 24.6 Å². The van der Waals surface area contributed by atoms with Crippen molar-refractivity contribution in [1.82, 2.24) is 20.2 Å². The van der Waals surface area contributed by atoms with Crippen LogP contribution in [0.25, 0.3) is 5.69 Å². The molecule has 0 atom stereocenters. The summed E-state index contributed by atoms with van der Waals surface area (Å²) in [6.45, 7) is 0. The number of rotatable bonds is 3. The highest BCUT2D eigenvalue weighted by molar-refractivity contribution is 5.37. The molecular formula is C11H12N4O. The highest BCUT2D eigenvalue weighted by Crippen LogP contribution is 2.39. The van der Waals surface area contributed by atoms with Crippen LogP contribution in [0.2, 0.25) is 0 Å². The van der Waals surface area contributed by atoms with Crippen LogP contribution >= 0.6 is 0 Å². The third-order valence-electron chi connectivity index (χ3n) is 2.75. The molecule has 1 aromatic carbocycles. The van der Waals surface area contributed by atoms with E-state index in [0.29, 0.717) is 5.92 Å². The smallest absolute Gasteiger partial charge is 0.159 e. The Balaban J connectivity index is 1.97. The molecule has 5 nitrogen and oxygen atoms in total. The van der Waals surface area contributed by atoms with Crippen molar-refractivity contribution in [2.24, 2.45) is 0 Å². The number of hydrogen-bond donors (Lipinski definition) is 0. The summed E-state index contributed by atoms with van der Waals surface area (Å²) in [4.78, 5) is 0. The molecule has 0 aliphatic heterocycles. The van der Waals surface area contributed by atoms with E-state index in [1.807, 2.05) is 24.3 Å². The van der Waals surface area contributed by atoms with Gasteiger partial charge in [0.1, 0.15) is 5.75 Å². The first-order valence-corrected chi connectivity index (χ1v) is 5.31. The van der Waals surface area contributed by atoms with Gasteiger partial charge in [0.25, 0.3) is 0 Å². The van der Waals surface area contributed by atoms with Gasteiger partial charge in [0, 0.05) is 5.92 Å². The molecule has 0 bridgehead atoms. The lowest BCUT2D eigenvalue weighted by Gasteiger charge is -2.04. The number of nitrogens with zero attached hydrogens (tertiary/aromatic N) is 4. The molecule has 0 N–H and O–H groups in total. The second kappa shape index (κ2) is 3.59. The highest BCUT2D eigenvalue weighted by atomic mass is 16.5. The molecule has 16 heavy (non-hydrogen) atoms. The van der Waals surface area contributed by atoms with E-state index in [1.54, 1.807) is 11.8 Å². The Hall–Kier alpha value is -1.91. The molecule has 1 saturated carbocycles. The molecule has 1 aliphatic carbocycles. The van der Waals surface area contributed by atoms with Crippen molar-refractivity contribution >= 4 is 0 Å². The van der Waals surface area contributed by atoms with Crippen molar-refractivity contribution in [1.29, 1.82) is 0 Å². The second-order valence-electron chi connectivity index (χ2n) is 3.92. The first kappa shape index (κ1) is 9.33. The summed E-state index contributed by atoms with van der Waals surface area (Å²) in [5, 5.41) is 11.8. The van der Waals surface area contributed by atoms with Gasteiger partial charge in [-0.3, -0.25) is 0 Å². The summed E-state index contributed by atoms with van der Waals surface area (Å²) < 4.78 is 6.92. The van der Waals surface area contributed by atoms with Gasteiger partial charge in [0.15, 0.2) is 5.82 Å². The van der Waals surface area contributed by atoms with E-state index in [1.165, 1.54) is 12.8 Å². The quantitative estimate of drug-likeness (QED) is 0.781. The monoisotopic (exact) mass is 216 g/mol. The van der Waals surface area contributed by atoms with Crippen LogP contribution in [0.4, 0.5) is 0 Å². The maximum absolute atomic E-state index is 5.12. The molecule has 0 unspecified atom stereocenters. The Kier molecular flexibility index (Phi) is 2.09. The number of aromatic nitrogens is 4. The topological polar surface area (TPSA) is 52.8 Å². The van der Waals surface area contributed by atoms with Crippen LogP contribution in [0.3, 0.4) is 0 Å². The zero-order chi connectivity index (χ0) is 11.0. The fourth-order valence-corrected chi connectivity index (χ4v) is 1.70. The number of ether oxygens (including phenoxy) is 1. The predicted octanol–water partition coefficient (Wildman–Crippen LogP) is 1.55. The standard InChI is InChI=1S/C11H12N4O/c1-16-10-6-4-9(5-7-10)15-11(8-2-3-8)12-13-14-15/h4-8H,2-3H2,1H3. The van der Waals surface area contributed by atoms with E-state index in [2.05, 4.69) is 15.5 Å². The minimum Gasteiger partial charge on any atom is -0.497 e. The van der Waals surface area contributed by atoms with E-state index in [0.717, 1.165) is 17.3 Å². The molecule has 0 saturated heterocycles. The largest absolute Gasteiger partial charge is 0.497 e. The van der Waals surface area contributed by atoms with Crippen LogP contribution in [0.15, 0.2) is 24.3 Å². The molecule has 2 aromatic rings. The Labute approximate surface area is 93.0 Å². The van der Waals surface area contributed by atoms with Crippen molar-refractivity contribution in [3.63, 3.8) is 0 Å². The van der Waals surface area contributed by atoms with Crippen LogP contribution in [0, 0.1) is 0 Å². The van der Waals surface area contributed by atoms with E-state index >= 15 is 0 Å². The van der Waals surface area contributed by atoms with Gasteiger partial charge in [-0.2, -0.15) is 4.68 Å². The first-order chi connectivity index (χ1) is 7.88. The van der Waals surface area contributed by atoms with Gasteiger partial charge in [-0.25, -0.2) is 0 Å². The Bertz CT molecular complexity index is 487. The summed E-state index contributed by atoms with van der Waals surface area (Å²) >= 11 is 0. The summed E-state index contributed by atoms with van der Waals surface area (Å²) in [7, 11) is 1.65. The highest BCUT2D eigenvalue weighted by Gasteiger charge is 2.29. The third kappa shape index (κ3) is 1.54. The molecule has 82 valence electrons. The molecule has 1 fully saturated rings. The second-order valence-corrected chi connectivity index (χ2v) is 3.92. The number of methoxy groups -OCH3 is 1. The zero-order valence-corrected chi connectivity index (χ0v) is 9.00. The van der Waals surface area contributed by atoms with Gasteiger partial charge in [-0.15, -0.1) is 5.10 Å². The first-order valence-electron chi connectivity index (χ1n) is 5.31. The lowest BCUT2D eigenvalue weighted by molar-refractivity contribution is 0.414. The zero-order valence-electron chi connectivity index (χ0n) is 9.00. The lowest BCUT2D eigenvalue weighted by Crippen LogP contribution is -2.01. The van der Waals surface area contributed by atoms with Crippen LogP contribution in [0.5, 0.6) is 5.75 Å². The van der Waals surface area contributed by atoms with E-state index in [-0.39, 0.29) is 0 Å². The maximum atomic E-state index is 5.12. The van der Waals surface area contributed by atoms with Crippen LogP contribution < -0.4 is 4.74 Å². The molecular weight excluding hydrogens is 204 g/mol. The average Bonchev–Trinajstić information content (AvgIpc) is 3.07. The van der Waals surface area contributed by atoms with Crippen molar-refractivity contribution in [3.8, 4) is 11.4 Å². The van der Waals surface area contributed by atoms with Crippen LogP contribution in [-0.4, -0.2) is 27.3 Å². The minimum absolute atomic E-state index is 0.539. The predicted molar refractivity (Wildman–Crippen MR) is 57.7 cm³/mol. The third-order valence-corrected chi connectivity index (χ3v) is 2.75. The molecule has 5 heteroatoms. The van der Waals surface area contributed by atoms with Gasteiger partial charge in [0.2, 0.25) is 0 Å². The van der Waals surface area contributed by atoms with Crippen molar-refractivity contribution < 1.29 is 4.74 Å². The van der Waals surface area contributed by atoms with Gasteiger partial charge >= 0.3 is 0 Å². The summed E-state index contributed by atoms with van der Waals surface area (Å²) in [6, 6.07) is 7.74. The number of tetrazole rings is 1. The van der Waals surface area contributed by atoms with Crippen LogP contribution in [-0.2, 0) is 0 Å². The fraction of sp³-hybridized carbons (Fsp3) is 0.364. The van der Waals surface area contributed by atoms with Crippen molar-refractivity contribution in [3.05, 3.63) is 30.1 Å². The molecule has 1 aliphatic rings. The number of hydrogen-bond acceptors (Lipinski definition) is 4. The van der Waals surface area contributed by atoms with Crippen molar-refractivity contribution in [2.45, 2.75) is 18.8 Å². The summed E-state index contributed by atoms with van der Waals surface area (Å²) in [5.74, 6) is 2.34. The molecule has 0 spiro atoms. The molecule has 1 aromatic heterocycles. The molecule has 0 radical (unpaired) electrons. The summed E-state index contributed by atoms with van der Waals surface area (Å²) in [5.41, 5.74) is 0.979. The fourth-order valence-electron chi connectivity index (χ4n) is 1.70. The molecule has 1 heterocycles.